The summed E-state index contributed by atoms with van der Waals surface area (Å²) in [4.78, 5) is 8.88. The van der Waals surface area contributed by atoms with E-state index in [4.69, 9.17) is 17.0 Å². The van der Waals surface area contributed by atoms with Gasteiger partial charge in [0.15, 0.2) is 5.82 Å². The normalized spacial score (nSPS) is 9.23. The van der Waals surface area contributed by atoms with Crippen molar-refractivity contribution in [3.63, 3.8) is 0 Å². The van der Waals surface area contributed by atoms with Crippen LogP contribution in [-0.4, -0.2) is 11.6 Å². The Labute approximate surface area is 77.1 Å². The number of hydrogen-bond donors (Lipinski definition) is 2. The molecule has 0 aliphatic carbocycles. The zero-order valence-corrected chi connectivity index (χ0v) is 7.37. The number of pyridine rings is 1. The Hall–Kier alpha value is -1.73. The van der Waals surface area contributed by atoms with Gasteiger partial charge in [-0.15, -0.1) is 6.42 Å². The molecular weight excluding hydrogens is 166 g/mol. The highest BCUT2D eigenvalue weighted by Gasteiger charge is 1.98. The highest BCUT2D eigenvalue weighted by molar-refractivity contribution is 5.60. The van der Waals surface area contributed by atoms with E-state index in [2.05, 4.69) is 16.4 Å². The average Bonchev–Trinajstić information content (AvgIpc) is 2.09. The van der Waals surface area contributed by atoms with Crippen molar-refractivity contribution in [2.45, 2.75) is 6.92 Å². The van der Waals surface area contributed by atoms with Crippen LogP contribution in [0.5, 0.6) is 0 Å². The molecule has 13 heavy (non-hydrogen) atoms. The van der Waals surface area contributed by atoms with Crippen molar-refractivity contribution >= 4 is 11.5 Å². The van der Waals surface area contributed by atoms with Crippen LogP contribution in [0.4, 0.5) is 11.5 Å². The number of hydrogen-bond acceptors (Lipinski definition) is 4. The van der Waals surface area contributed by atoms with E-state index in [1.165, 1.54) is 0 Å². The third-order valence-corrected chi connectivity index (χ3v) is 1.38. The predicted molar refractivity (Wildman–Crippen MR) is 51.8 cm³/mol. The van der Waals surface area contributed by atoms with Crippen LogP contribution >= 0.6 is 0 Å². The van der Waals surface area contributed by atoms with E-state index in [-0.39, 0.29) is 6.61 Å². The fourth-order valence-corrected chi connectivity index (χ4v) is 0.823. The molecule has 68 valence electrons. The summed E-state index contributed by atoms with van der Waals surface area (Å²) in [7, 11) is 0. The van der Waals surface area contributed by atoms with Gasteiger partial charge < -0.3 is 5.73 Å². The van der Waals surface area contributed by atoms with Gasteiger partial charge in [0.25, 0.3) is 0 Å². The second-order valence-electron chi connectivity index (χ2n) is 2.55. The zero-order valence-electron chi connectivity index (χ0n) is 7.37. The first-order valence-corrected chi connectivity index (χ1v) is 3.77. The Morgan fingerprint density at radius 2 is 2.54 bits per heavy atom. The molecule has 1 aromatic heterocycles. The molecule has 0 aliphatic heterocycles. The van der Waals surface area contributed by atoms with Crippen LogP contribution in [0.3, 0.4) is 0 Å². The second kappa shape index (κ2) is 4.33. The summed E-state index contributed by atoms with van der Waals surface area (Å²) < 4.78 is 0. The number of rotatable bonds is 3. The molecular formula is C9H11N3O. The van der Waals surface area contributed by atoms with Gasteiger partial charge in [0, 0.05) is 6.20 Å². The minimum atomic E-state index is 0.176. The molecule has 0 bridgehead atoms. The lowest BCUT2D eigenvalue weighted by atomic mass is 10.3. The summed E-state index contributed by atoms with van der Waals surface area (Å²) in [5.74, 6) is 2.80. The fraction of sp³-hybridized carbons (Fsp3) is 0.222. The number of anilines is 2. The molecule has 1 rings (SSSR count). The summed E-state index contributed by atoms with van der Waals surface area (Å²) in [5.41, 5.74) is 9.75. The van der Waals surface area contributed by atoms with Crippen LogP contribution in [-0.2, 0) is 4.84 Å². The number of nitrogen functional groups attached to an aromatic ring is 1. The van der Waals surface area contributed by atoms with E-state index < -0.39 is 0 Å². The van der Waals surface area contributed by atoms with Crippen molar-refractivity contribution in [2.75, 3.05) is 17.8 Å². The third kappa shape index (κ3) is 2.65. The van der Waals surface area contributed by atoms with Gasteiger partial charge in [0.05, 0.1) is 5.69 Å². The van der Waals surface area contributed by atoms with Gasteiger partial charge in [-0.1, -0.05) is 5.92 Å². The molecule has 0 spiro atoms. The lowest BCUT2D eigenvalue weighted by Gasteiger charge is -2.06. The van der Waals surface area contributed by atoms with Gasteiger partial charge in [-0.05, 0) is 18.6 Å². The van der Waals surface area contributed by atoms with Crippen molar-refractivity contribution in [1.82, 2.24) is 4.98 Å². The molecule has 0 amide bonds. The first-order chi connectivity index (χ1) is 6.24. The lowest BCUT2D eigenvalue weighted by molar-refractivity contribution is 0.233. The molecule has 0 aliphatic rings. The monoisotopic (exact) mass is 177 g/mol. The van der Waals surface area contributed by atoms with E-state index in [9.17, 15) is 0 Å². The van der Waals surface area contributed by atoms with Crippen molar-refractivity contribution < 1.29 is 4.84 Å². The molecule has 0 unspecified atom stereocenters. The molecule has 4 heteroatoms. The van der Waals surface area contributed by atoms with E-state index in [0.717, 1.165) is 5.56 Å². The van der Waals surface area contributed by atoms with E-state index >= 15 is 0 Å². The van der Waals surface area contributed by atoms with Gasteiger partial charge in [0.2, 0.25) is 0 Å². The standard InChI is InChI=1S/C9H11N3O/c1-3-4-13-12-9-8(10)5-7(2)6-11-9/h1,5-6H,4,10H2,2H3,(H,11,12). The number of nitrogens with one attached hydrogen (secondary N) is 1. The van der Waals surface area contributed by atoms with Gasteiger partial charge in [-0.25, -0.2) is 10.5 Å². The SMILES string of the molecule is C#CCONc1ncc(C)cc1N. The Kier molecular flexibility index (Phi) is 3.12. The van der Waals surface area contributed by atoms with Crippen molar-refractivity contribution in [3.05, 3.63) is 17.8 Å². The summed E-state index contributed by atoms with van der Waals surface area (Å²) in [6, 6.07) is 1.80. The zero-order chi connectivity index (χ0) is 9.68. The Balaban J connectivity index is 2.62. The number of nitrogens with zero attached hydrogens (tertiary/aromatic N) is 1. The highest BCUT2D eigenvalue weighted by Crippen LogP contribution is 2.15. The molecule has 3 N–H and O–H groups in total. The first kappa shape index (κ1) is 9.36. The molecule has 0 aromatic carbocycles. The predicted octanol–water partition coefficient (Wildman–Crippen LogP) is 0.949. The van der Waals surface area contributed by atoms with Crippen molar-refractivity contribution in [2.24, 2.45) is 0 Å². The summed E-state index contributed by atoms with van der Waals surface area (Å²) in [6.45, 7) is 2.09. The van der Waals surface area contributed by atoms with Crippen LogP contribution in [0.2, 0.25) is 0 Å². The van der Waals surface area contributed by atoms with Crippen LogP contribution < -0.4 is 11.2 Å². The van der Waals surface area contributed by atoms with Gasteiger partial charge in [-0.2, -0.15) is 0 Å². The number of nitrogens with two attached hydrogens (primary N) is 1. The van der Waals surface area contributed by atoms with E-state index in [1.54, 1.807) is 12.3 Å². The van der Waals surface area contributed by atoms with Crippen molar-refractivity contribution in [3.8, 4) is 12.3 Å². The maximum Gasteiger partial charge on any atom is 0.173 e. The lowest BCUT2D eigenvalue weighted by Crippen LogP contribution is -2.05. The van der Waals surface area contributed by atoms with Gasteiger partial charge >= 0.3 is 0 Å². The highest BCUT2D eigenvalue weighted by atomic mass is 16.6. The smallest absolute Gasteiger partial charge is 0.173 e. The molecule has 4 nitrogen and oxygen atoms in total. The van der Waals surface area contributed by atoms with Gasteiger partial charge in [-0.3, -0.25) is 4.84 Å². The second-order valence-corrected chi connectivity index (χ2v) is 2.55. The number of aromatic nitrogens is 1. The third-order valence-electron chi connectivity index (χ3n) is 1.38. The van der Waals surface area contributed by atoms with Crippen LogP contribution in [0.1, 0.15) is 5.56 Å². The molecule has 1 heterocycles. The molecule has 1 aromatic rings. The van der Waals surface area contributed by atoms with E-state index in [1.807, 2.05) is 6.92 Å². The molecule has 0 saturated heterocycles. The molecule has 0 fully saturated rings. The quantitative estimate of drug-likeness (QED) is 0.410. The largest absolute Gasteiger partial charge is 0.396 e. The molecule has 0 saturated carbocycles. The Morgan fingerprint density at radius 3 is 3.15 bits per heavy atom. The summed E-state index contributed by atoms with van der Waals surface area (Å²) in [5, 5.41) is 0. The summed E-state index contributed by atoms with van der Waals surface area (Å²) in [6.07, 6.45) is 6.68. The van der Waals surface area contributed by atoms with Crippen LogP contribution in [0, 0.1) is 19.3 Å². The van der Waals surface area contributed by atoms with Crippen LogP contribution in [0.25, 0.3) is 0 Å². The van der Waals surface area contributed by atoms with Crippen molar-refractivity contribution in [1.29, 1.82) is 0 Å². The number of aryl methyl sites for hydroxylation is 1. The Bertz CT molecular complexity index is 330. The van der Waals surface area contributed by atoms with E-state index in [0.29, 0.717) is 11.5 Å². The minimum absolute atomic E-state index is 0.176. The Morgan fingerprint density at radius 1 is 1.77 bits per heavy atom. The topological polar surface area (TPSA) is 60.2 Å². The minimum Gasteiger partial charge on any atom is -0.396 e. The molecule has 0 atom stereocenters. The van der Waals surface area contributed by atoms with Gasteiger partial charge in [0.1, 0.15) is 6.61 Å². The molecule has 0 radical (unpaired) electrons. The average molecular weight is 177 g/mol. The maximum atomic E-state index is 5.65. The fourth-order valence-electron chi connectivity index (χ4n) is 0.823. The summed E-state index contributed by atoms with van der Waals surface area (Å²) >= 11 is 0. The number of terminal acetylenes is 1. The first-order valence-electron chi connectivity index (χ1n) is 3.77. The maximum absolute atomic E-state index is 5.65. The van der Waals surface area contributed by atoms with Crippen LogP contribution in [0.15, 0.2) is 12.3 Å².